The fourth-order valence-electron chi connectivity index (χ4n) is 2.71. The van der Waals surface area contributed by atoms with Crippen molar-refractivity contribution in [2.75, 3.05) is 25.5 Å². The van der Waals surface area contributed by atoms with E-state index in [4.69, 9.17) is 0 Å². The fraction of sp³-hybridized carbons (Fsp3) is 0.571. The van der Waals surface area contributed by atoms with Gasteiger partial charge in [0.2, 0.25) is 0 Å². The van der Waals surface area contributed by atoms with Gasteiger partial charge in [0.1, 0.15) is 11.6 Å². The van der Waals surface area contributed by atoms with E-state index in [0.717, 1.165) is 48.2 Å². The Balaban J connectivity index is 1.67. The van der Waals surface area contributed by atoms with Crippen molar-refractivity contribution in [2.24, 2.45) is 5.92 Å². The van der Waals surface area contributed by atoms with Gasteiger partial charge in [-0.15, -0.1) is 0 Å². The largest absolute Gasteiger partial charge is 0.373 e. The third-order valence-corrected chi connectivity index (χ3v) is 3.90. The molecular formula is C14H21N5. The molecule has 1 aliphatic heterocycles. The van der Waals surface area contributed by atoms with Crippen LogP contribution in [0.15, 0.2) is 12.1 Å². The number of hydrogen-bond donors (Lipinski definition) is 3. The zero-order valence-electron chi connectivity index (χ0n) is 11.4. The van der Waals surface area contributed by atoms with E-state index in [2.05, 4.69) is 25.6 Å². The topological polar surface area (TPSA) is 65.6 Å². The number of hydrogen-bond acceptors (Lipinski definition) is 4. The number of aromatic amines is 1. The van der Waals surface area contributed by atoms with Gasteiger partial charge in [0.15, 0.2) is 5.65 Å². The van der Waals surface area contributed by atoms with Crippen LogP contribution in [0, 0.1) is 5.92 Å². The molecule has 102 valence electrons. The van der Waals surface area contributed by atoms with E-state index in [1.807, 2.05) is 19.2 Å². The lowest BCUT2D eigenvalue weighted by molar-refractivity contribution is 0.352. The first-order valence-corrected chi connectivity index (χ1v) is 7.09. The molecule has 1 saturated heterocycles. The minimum atomic E-state index is 0.812. The molecule has 0 aliphatic carbocycles. The molecule has 2 aromatic heterocycles. The molecule has 0 unspecified atom stereocenters. The number of aromatic nitrogens is 3. The second-order valence-corrected chi connectivity index (χ2v) is 5.23. The lowest BCUT2D eigenvalue weighted by atomic mass is 9.93. The third kappa shape index (κ3) is 2.87. The second-order valence-electron chi connectivity index (χ2n) is 5.23. The summed E-state index contributed by atoms with van der Waals surface area (Å²) in [6.45, 7) is 2.33. The van der Waals surface area contributed by atoms with Crippen molar-refractivity contribution in [3.8, 4) is 0 Å². The summed E-state index contributed by atoms with van der Waals surface area (Å²) in [6, 6.07) is 4.01. The maximum Gasteiger partial charge on any atom is 0.179 e. The molecule has 0 atom stereocenters. The fourth-order valence-corrected chi connectivity index (χ4v) is 2.71. The number of pyridine rings is 1. The van der Waals surface area contributed by atoms with E-state index in [1.165, 1.54) is 19.3 Å². The van der Waals surface area contributed by atoms with Gasteiger partial charge in [-0.05, 0) is 50.4 Å². The molecule has 3 heterocycles. The SMILES string of the molecule is CNc1ccc2[nH]c(CCC3CCNCC3)nc2n1. The number of nitrogens with one attached hydrogen (secondary N) is 3. The van der Waals surface area contributed by atoms with Gasteiger partial charge in [-0.3, -0.25) is 0 Å². The standard InChI is InChI=1S/C14H21N5/c1-15-12-5-3-11-14(18-12)19-13(17-11)4-2-10-6-8-16-9-7-10/h3,5,10,16H,2,4,6-9H2,1H3,(H2,15,17,18,19). The highest BCUT2D eigenvalue weighted by Crippen LogP contribution is 2.19. The highest BCUT2D eigenvalue weighted by Gasteiger charge is 2.14. The van der Waals surface area contributed by atoms with Crippen molar-refractivity contribution < 1.29 is 0 Å². The van der Waals surface area contributed by atoms with E-state index < -0.39 is 0 Å². The Hall–Kier alpha value is -1.62. The maximum atomic E-state index is 4.58. The first-order chi connectivity index (χ1) is 9.35. The van der Waals surface area contributed by atoms with Crippen LogP contribution in [0.25, 0.3) is 11.2 Å². The van der Waals surface area contributed by atoms with Crippen LogP contribution in [0.1, 0.15) is 25.1 Å². The molecule has 3 rings (SSSR count). The summed E-state index contributed by atoms with van der Waals surface area (Å²) < 4.78 is 0. The maximum absolute atomic E-state index is 4.58. The zero-order chi connectivity index (χ0) is 13.1. The van der Waals surface area contributed by atoms with Crippen LogP contribution in [0.3, 0.4) is 0 Å². The van der Waals surface area contributed by atoms with Crippen LogP contribution in [0.2, 0.25) is 0 Å². The average Bonchev–Trinajstić information content (AvgIpc) is 2.88. The lowest BCUT2D eigenvalue weighted by Gasteiger charge is -2.21. The van der Waals surface area contributed by atoms with E-state index in [1.54, 1.807) is 0 Å². The van der Waals surface area contributed by atoms with Gasteiger partial charge in [0, 0.05) is 13.5 Å². The molecular weight excluding hydrogens is 238 g/mol. The average molecular weight is 259 g/mol. The number of anilines is 1. The quantitative estimate of drug-likeness (QED) is 0.785. The van der Waals surface area contributed by atoms with Crippen LogP contribution in [-0.4, -0.2) is 35.1 Å². The first-order valence-electron chi connectivity index (χ1n) is 7.09. The molecule has 0 amide bonds. The van der Waals surface area contributed by atoms with Gasteiger partial charge in [-0.1, -0.05) is 0 Å². The minimum absolute atomic E-state index is 0.812. The first kappa shape index (κ1) is 12.4. The molecule has 0 bridgehead atoms. The Labute approximate surface area is 113 Å². The van der Waals surface area contributed by atoms with E-state index >= 15 is 0 Å². The molecule has 1 aliphatic rings. The van der Waals surface area contributed by atoms with Gasteiger partial charge in [0.05, 0.1) is 5.52 Å². The second kappa shape index (κ2) is 5.57. The van der Waals surface area contributed by atoms with Crippen molar-refractivity contribution in [1.29, 1.82) is 0 Å². The van der Waals surface area contributed by atoms with Crippen LogP contribution in [0.4, 0.5) is 5.82 Å². The monoisotopic (exact) mass is 259 g/mol. The highest BCUT2D eigenvalue weighted by atomic mass is 15.0. The number of fused-ring (bicyclic) bond motifs is 1. The molecule has 0 radical (unpaired) electrons. The van der Waals surface area contributed by atoms with Crippen molar-refractivity contribution in [3.63, 3.8) is 0 Å². The van der Waals surface area contributed by atoms with Crippen molar-refractivity contribution in [2.45, 2.75) is 25.7 Å². The van der Waals surface area contributed by atoms with Gasteiger partial charge in [-0.2, -0.15) is 0 Å². The summed E-state index contributed by atoms with van der Waals surface area (Å²) in [4.78, 5) is 12.4. The summed E-state index contributed by atoms with van der Waals surface area (Å²) in [5.41, 5.74) is 1.84. The van der Waals surface area contributed by atoms with Crippen LogP contribution in [0.5, 0.6) is 0 Å². The smallest absolute Gasteiger partial charge is 0.179 e. The Morgan fingerprint density at radius 1 is 1.26 bits per heavy atom. The molecule has 3 N–H and O–H groups in total. The third-order valence-electron chi connectivity index (χ3n) is 3.90. The molecule has 1 fully saturated rings. The Bertz CT molecular complexity index is 542. The predicted molar refractivity (Wildman–Crippen MR) is 77.4 cm³/mol. The number of aryl methyl sites for hydroxylation is 1. The van der Waals surface area contributed by atoms with Gasteiger partial charge in [0.25, 0.3) is 0 Å². The summed E-state index contributed by atoms with van der Waals surface area (Å²) in [5, 5.41) is 6.45. The minimum Gasteiger partial charge on any atom is -0.373 e. The molecule has 0 saturated carbocycles. The molecule has 5 nitrogen and oxygen atoms in total. The number of H-pyrrole nitrogens is 1. The van der Waals surface area contributed by atoms with Gasteiger partial charge < -0.3 is 15.6 Å². The number of imidazole rings is 1. The Morgan fingerprint density at radius 2 is 2.11 bits per heavy atom. The van der Waals surface area contributed by atoms with Gasteiger partial charge >= 0.3 is 0 Å². The molecule has 0 spiro atoms. The van der Waals surface area contributed by atoms with Crippen molar-refractivity contribution in [3.05, 3.63) is 18.0 Å². The van der Waals surface area contributed by atoms with E-state index in [0.29, 0.717) is 0 Å². The molecule has 5 heteroatoms. The number of rotatable bonds is 4. The molecule has 19 heavy (non-hydrogen) atoms. The molecule has 0 aromatic carbocycles. The predicted octanol–water partition coefficient (Wildman–Crippen LogP) is 1.93. The zero-order valence-corrected chi connectivity index (χ0v) is 11.4. The summed E-state index contributed by atoms with van der Waals surface area (Å²) in [5.74, 6) is 2.77. The summed E-state index contributed by atoms with van der Waals surface area (Å²) >= 11 is 0. The summed E-state index contributed by atoms with van der Waals surface area (Å²) in [6.07, 6.45) is 4.83. The molecule has 2 aromatic rings. The van der Waals surface area contributed by atoms with Crippen molar-refractivity contribution in [1.82, 2.24) is 20.3 Å². The van der Waals surface area contributed by atoms with Crippen LogP contribution in [-0.2, 0) is 6.42 Å². The number of nitrogens with zero attached hydrogens (tertiary/aromatic N) is 2. The highest BCUT2D eigenvalue weighted by molar-refractivity contribution is 5.72. The van der Waals surface area contributed by atoms with E-state index in [9.17, 15) is 0 Å². The van der Waals surface area contributed by atoms with Crippen LogP contribution >= 0.6 is 0 Å². The summed E-state index contributed by atoms with van der Waals surface area (Å²) in [7, 11) is 1.87. The number of piperidine rings is 1. The van der Waals surface area contributed by atoms with Crippen molar-refractivity contribution >= 4 is 17.0 Å². The lowest BCUT2D eigenvalue weighted by Crippen LogP contribution is -2.27. The van der Waals surface area contributed by atoms with Gasteiger partial charge in [-0.25, -0.2) is 9.97 Å². The van der Waals surface area contributed by atoms with Crippen LogP contribution < -0.4 is 10.6 Å². The van der Waals surface area contributed by atoms with E-state index in [-0.39, 0.29) is 0 Å². The Kier molecular flexibility index (Phi) is 3.64. The Morgan fingerprint density at radius 3 is 2.89 bits per heavy atom. The normalized spacial score (nSPS) is 16.9.